The van der Waals surface area contributed by atoms with E-state index in [9.17, 15) is 0 Å². The van der Waals surface area contributed by atoms with Gasteiger partial charge in [0.15, 0.2) is 0 Å². The van der Waals surface area contributed by atoms with Crippen LogP contribution in [0.15, 0.2) is 0 Å². The molecule has 2 heteroatoms. The van der Waals surface area contributed by atoms with Crippen LogP contribution in [0.5, 0.6) is 0 Å². The van der Waals surface area contributed by atoms with Gasteiger partial charge in [-0.2, -0.15) is 0 Å². The second kappa shape index (κ2) is 4.83. The summed E-state index contributed by atoms with van der Waals surface area (Å²) in [5.41, 5.74) is 0. The first-order valence-corrected chi connectivity index (χ1v) is 5.23. The highest BCUT2D eigenvalue weighted by Gasteiger charge is 2.19. The van der Waals surface area contributed by atoms with E-state index in [4.69, 9.17) is 0 Å². The molecule has 2 aliphatic heterocycles. The fourth-order valence-electron chi connectivity index (χ4n) is 1.82. The molecule has 12 heavy (non-hydrogen) atoms. The summed E-state index contributed by atoms with van der Waals surface area (Å²) in [5, 5.41) is 3.22. The lowest BCUT2D eigenvalue weighted by Crippen LogP contribution is -2.35. The molecule has 0 aliphatic carbocycles. The number of hydrogen-bond donors (Lipinski definition) is 1. The number of likely N-dealkylation sites (tertiary alicyclic amines) is 1. The highest BCUT2D eigenvalue weighted by Crippen LogP contribution is 2.11. The number of nitrogens with zero attached hydrogens (tertiary/aromatic N) is 1. The van der Waals surface area contributed by atoms with Gasteiger partial charge < -0.3 is 9.80 Å². The quantitative estimate of drug-likeness (QED) is 0.541. The molecule has 0 bridgehead atoms. The molecule has 0 amide bonds. The molecule has 0 saturated carbocycles. The Morgan fingerprint density at radius 2 is 1.33 bits per heavy atom. The largest absolute Gasteiger partial charge is 0.328 e. The fourth-order valence-corrected chi connectivity index (χ4v) is 1.82. The summed E-state index contributed by atoms with van der Waals surface area (Å²) in [7, 11) is 4.60. The monoisotopic (exact) mass is 171 g/mol. The van der Waals surface area contributed by atoms with Crippen molar-refractivity contribution in [1.29, 1.82) is 0 Å². The van der Waals surface area contributed by atoms with Gasteiger partial charge in [-0.3, -0.25) is 0 Å². The first-order valence-electron chi connectivity index (χ1n) is 5.23. The summed E-state index contributed by atoms with van der Waals surface area (Å²) < 4.78 is 1.25. The maximum absolute atomic E-state index is 3.22. The summed E-state index contributed by atoms with van der Waals surface area (Å²) in [4.78, 5) is 0. The number of quaternary nitrogens is 1. The Kier molecular flexibility index (Phi) is 4.02. The zero-order chi connectivity index (χ0) is 8.86. The smallest absolute Gasteiger partial charge is 0.0784 e. The Hall–Kier alpha value is -0.0800. The number of hydrogen-bond acceptors (Lipinski definition) is 1. The third kappa shape index (κ3) is 4.07. The van der Waals surface area contributed by atoms with Gasteiger partial charge in [0.1, 0.15) is 0 Å². The van der Waals surface area contributed by atoms with E-state index < -0.39 is 0 Å². The molecular weight excluding hydrogens is 148 g/mol. The Balaban J connectivity index is 0.000000127. The average Bonchev–Trinajstić information content (AvgIpc) is 2.60. The van der Waals surface area contributed by atoms with Gasteiger partial charge in [0.25, 0.3) is 0 Å². The minimum atomic E-state index is 1.25. The Morgan fingerprint density at radius 1 is 0.833 bits per heavy atom. The molecule has 2 nitrogen and oxygen atoms in total. The highest BCUT2D eigenvalue weighted by molar-refractivity contribution is 4.55. The normalized spacial score (nSPS) is 26.5. The summed E-state index contributed by atoms with van der Waals surface area (Å²) in [6, 6.07) is 0. The van der Waals surface area contributed by atoms with Crippen molar-refractivity contribution in [3.63, 3.8) is 0 Å². The summed E-state index contributed by atoms with van der Waals surface area (Å²) >= 11 is 0. The number of rotatable bonds is 0. The van der Waals surface area contributed by atoms with Crippen molar-refractivity contribution in [3.8, 4) is 0 Å². The van der Waals surface area contributed by atoms with Crippen LogP contribution in [0.3, 0.4) is 0 Å². The van der Waals surface area contributed by atoms with Crippen LogP contribution in [-0.4, -0.2) is 44.8 Å². The molecule has 0 aromatic heterocycles. The zero-order valence-corrected chi connectivity index (χ0v) is 8.60. The molecule has 0 radical (unpaired) electrons. The standard InChI is InChI=1S/C6H14N.C4H9N/c1-7(2)5-3-4-6-7;1-2-4-5-3-1/h3-6H2,1-2H3;5H,1-4H2/q+1;. The second-order valence-corrected chi connectivity index (χ2v) is 4.55. The van der Waals surface area contributed by atoms with Gasteiger partial charge in [-0.05, 0) is 25.9 Å². The molecule has 2 rings (SSSR count). The first kappa shape index (κ1) is 10.0. The molecule has 1 N–H and O–H groups in total. The van der Waals surface area contributed by atoms with Gasteiger partial charge in [-0.1, -0.05) is 0 Å². The van der Waals surface area contributed by atoms with E-state index in [0.717, 1.165) is 0 Å². The molecule has 0 atom stereocenters. The van der Waals surface area contributed by atoms with Gasteiger partial charge in [0.05, 0.1) is 27.2 Å². The summed E-state index contributed by atoms with van der Waals surface area (Å²) in [6.07, 6.45) is 5.65. The van der Waals surface area contributed by atoms with E-state index in [1.54, 1.807) is 0 Å². The van der Waals surface area contributed by atoms with E-state index in [0.29, 0.717) is 0 Å². The fraction of sp³-hybridized carbons (Fsp3) is 1.00. The Bertz CT molecular complexity index is 101. The predicted octanol–water partition coefficient (Wildman–Crippen LogP) is 1.23. The lowest BCUT2D eigenvalue weighted by molar-refractivity contribution is -0.877. The maximum Gasteiger partial charge on any atom is 0.0784 e. The first-order chi connectivity index (χ1) is 5.71. The van der Waals surface area contributed by atoms with Crippen LogP contribution >= 0.6 is 0 Å². The molecule has 0 aromatic rings. The zero-order valence-electron chi connectivity index (χ0n) is 8.60. The lowest BCUT2D eigenvalue weighted by Gasteiger charge is -2.21. The molecule has 2 saturated heterocycles. The second-order valence-electron chi connectivity index (χ2n) is 4.55. The lowest BCUT2D eigenvalue weighted by atomic mass is 10.4. The van der Waals surface area contributed by atoms with Crippen LogP contribution < -0.4 is 5.32 Å². The topological polar surface area (TPSA) is 12.0 Å². The van der Waals surface area contributed by atoms with Crippen LogP contribution in [0.2, 0.25) is 0 Å². The van der Waals surface area contributed by atoms with Crippen LogP contribution in [0, 0.1) is 0 Å². The van der Waals surface area contributed by atoms with Gasteiger partial charge >= 0.3 is 0 Å². The van der Waals surface area contributed by atoms with Crippen molar-refractivity contribution in [2.24, 2.45) is 0 Å². The highest BCUT2D eigenvalue weighted by atomic mass is 15.3. The minimum Gasteiger partial charge on any atom is -0.328 e. The Morgan fingerprint density at radius 3 is 1.50 bits per heavy atom. The summed E-state index contributed by atoms with van der Waals surface area (Å²) in [5.74, 6) is 0. The van der Waals surface area contributed by atoms with Crippen molar-refractivity contribution in [1.82, 2.24) is 5.32 Å². The molecule has 0 spiro atoms. The van der Waals surface area contributed by atoms with Crippen molar-refractivity contribution < 1.29 is 4.48 Å². The number of nitrogens with one attached hydrogen (secondary N) is 1. The Labute approximate surface area is 76.5 Å². The molecule has 2 aliphatic rings. The van der Waals surface area contributed by atoms with Gasteiger partial charge in [0, 0.05) is 12.8 Å². The summed E-state index contributed by atoms with van der Waals surface area (Å²) in [6.45, 7) is 5.28. The molecule has 72 valence electrons. The van der Waals surface area contributed by atoms with Crippen LogP contribution in [0.25, 0.3) is 0 Å². The molecule has 2 heterocycles. The van der Waals surface area contributed by atoms with E-state index in [-0.39, 0.29) is 0 Å². The third-order valence-electron chi connectivity index (χ3n) is 2.73. The van der Waals surface area contributed by atoms with Gasteiger partial charge in [-0.15, -0.1) is 0 Å². The molecular formula is C10H23N2+. The van der Waals surface area contributed by atoms with Crippen molar-refractivity contribution >= 4 is 0 Å². The van der Waals surface area contributed by atoms with E-state index in [2.05, 4.69) is 19.4 Å². The van der Waals surface area contributed by atoms with Crippen molar-refractivity contribution in [3.05, 3.63) is 0 Å². The average molecular weight is 171 g/mol. The predicted molar refractivity (Wildman–Crippen MR) is 53.2 cm³/mol. The molecule has 0 aromatic carbocycles. The van der Waals surface area contributed by atoms with Gasteiger partial charge in [0.2, 0.25) is 0 Å². The van der Waals surface area contributed by atoms with Crippen molar-refractivity contribution in [2.75, 3.05) is 40.3 Å². The SMILES string of the molecule is C1CCNC1.C[N+]1(C)CCCC1. The minimum absolute atomic E-state index is 1.25. The van der Waals surface area contributed by atoms with E-state index in [1.165, 1.54) is 56.3 Å². The third-order valence-corrected chi connectivity index (χ3v) is 2.73. The van der Waals surface area contributed by atoms with Crippen LogP contribution in [0.1, 0.15) is 25.7 Å². The van der Waals surface area contributed by atoms with Gasteiger partial charge in [-0.25, -0.2) is 0 Å². The molecule has 0 unspecified atom stereocenters. The van der Waals surface area contributed by atoms with Crippen LogP contribution in [0.4, 0.5) is 0 Å². The maximum atomic E-state index is 3.22. The van der Waals surface area contributed by atoms with Crippen molar-refractivity contribution in [2.45, 2.75) is 25.7 Å². The molecule has 2 fully saturated rings. The van der Waals surface area contributed by atoms with Crippen LogP contribution in [-0.2, 0) is 0 Å². The van der Waals surface area contributed by atoms with E-state index in [1.807, 2.05) is 0 Å². The van der Waals surface area contributed by atoms with E-state index >= 15 is 0 Å².